The average molecular weight is 217 g/mol. The maximum Gasteiger partial charge on any atom is 0.0334 e. The smallest absolute Gasteiger partial charge is 0.0334 e. The van der Waals surface area contributed by atoms with Crippen LogP contribution in [0.2, 0.25) is 0 Å². The standard InChI is InChI=1S/C15H23N/c1-10-7-6-8-11(9-10)12(16)13-14(2,3)15(13,4)5/h6-9,12-13H,16H2,1-5H3. The highest BCUT2D eigenvalue weighted by Crippen LogP contribution is 2.71. The maximum atomic E-state index is 6.42. The molecule has 1 aromatic rings. The zero-order valence-corrected chi connectivity index (χ0v) is 11.0. The van der Waals surface area contributed by atoms with Gasteiger partial charge in [0.15, 0.2) is 0 Å². The summed E-state index contributed by atoms with van der Waals surface area (Å²) >= 11 is 0. The summed E-state index contributed by atoms with van der Waals surface area (Å²) in [4.78, 5) is 0. The molecule has 1 atom stereocenters. The van der Waals surface area contributed by atoms with Crippen LogP contribution in [0.3, 0.4) is 0 Å². The van der Waals surface area contributed by atoms with Gasteiger partial charge in [-0.15, -0.1) is 0 Å². The minimum absolute atomic E-state index is 0.171. The molecule has 0 aromatic heterocycles. The van der Waals surface area contributed by atoms with E-state index < -0.39 is 0 Å². The third kappa shape index (κ3) is 1.49. The highest BCUT2D eigenvalue weighted by atomic mass is 14.8. The lowest BCUT2D eigenvalue weighted by molar-refractivity contribution is 0.457. The molecule has 0 saturated heterocycles. The maximum absolute atomic E-state index is 6.42. The number of hydrogen-bond acceptors (Lipinski definition) is 1. The third-order valence-corrected chi connectivity index (χ3v) is 4.92. The summed E-state index contributed by atoms with van der Waals surface area (Å²) in [6.45, 7) is 11.4. The number of aryl methyl sites for hydroxylation is 1. The Bertz CT molecular complexity index is 390. The number of nitrogens with two attached hydrogens (primary N) is 1. The first-order valence-electron chi connectivity index (χ1n) is 6.10. The molecule has 0 amide bonds. The van der Waals surface area contributed by atoms with Gasteiger partial charge in [0, 0.05) is 6.04 Å². The van der Waals surface area contributed by atoms with Crippen LogP contribution in [0.25, 0.3) is 0 Å². The van der Waals surface area contributed by atoms with E-state index in [4.69, 9.17) is 5.73 Å². The highest BCUT2D eigenvalue weighted by molar-refractivity contribution is 5.29. The van der Waals surface area contributed by atoms with Gasteiger partial charge in [-0.05, 0) is 29.2 Å². The molecule has 1 heteroatoms. The van der Waals surface area contributed by atoms with Crippen LogP contribution in [-0.4, -0.2) is 0 Å². The van der Waals surface area contributed by atoms with Crippen molar-refractivity contribution in [3.63, 3.8) is 0 Å². The van der Waals surface area contributed by atoms with Gasteiger partial charge in [0.05, 0.1) is 0 Å². The van der Waals surface area contributed by atoms with Gasteiger partial charge in [-0.2, -0.15) is 0 Å². The largest absolute Gasteiger partial charge is 0.324 e. The lowest BCUT2D eigenvalue weighted by Gasteiger charge is -2.15. The van der Waals surface area contributed by atoms with Crippen molar-refractivity contribution < 1.29 is 0 Å². The Kier molecular flexibility index (Phi) is 2.43. The predicted octanol–water partition coefficient (Wildman–Crippen LogP) is 3.68. The molecule has 1 aliphatic carbocycles. The summed E-state index contributed by atoms with van der Waals surface area (Å²) < 4.78 is 0. The molecule has 0 radical (unpaired) electrons. The van der Waals surface area contributed by atoms with Crippen molar-refractivity contribution in [2.24, 2.45) is 22.5 Å². The van der Waals surface area contributed by atoms with Crippen molar-refractivity contribution in [3.05, 3.63) is 35.4 Å². The summed E-state index contributed by atoms with van der Waals surface area (Å²) in [5.74, 6) is 0.585. The van der Waals surface area contributed by atoms with Crippen molar-refractivity contribution in [1.82, 2.24) is 0 Å². The van der Waals surface area contributed by atoms with Crippen LogP contribution < -0.4 is 5.73 Å². The second-order valence-electron chi connectivity index (χ2n) is 6.36. The molecule has 1 unspecified atom stereocenters. The second kappa shape index (κ2) is 3.33. The topological polar surface area (TPSA) is 26.0 Å². The molecule has 1 aromatic carbocycles. The zero-order chi connectivity index (χ0) is 12.1. The molecule has 2 N–H and O–H groups in total. The number of rotatable bonds is 2. The predicted molar refractivity (Wildman–Crippen MR) is 69.2 cm³/mol. The molecule has 2 rings (SSSR count). The van der Waals surface area contributed by atoms with Crippen LogP contribution in [0.1, 0.15) is 44.9 Å². The van der Waals surface area contributed by atoms with Gasteiger partial charge in [0.2, 0.25) is 0 Å². The Balaban J connectivity index is 2.26. The van der Waals surface area contributed by atoms with E-state index in [2.05, 4.69) is 58.9 Å². The molecule has 1 aliphatic rings. The van der Waals surface area contributed by atoms with Crippen molar-refractivity contribution in [1.29, 1.82) is 0 Å². The number of benzene rings is 1. The molecule has 16 heavy (non-hydrogen) atoms. The molecule has 1 fully saturated rings. The number of hydrogen-bond donors (Lipinski definition) is 1. The van der Waals surface area contributed by atoms with Crippen LogP contribution in [0, 0.1) is 23.7 Å². The van der Waals surface area contributed by atoms with E-state index in [0.717, 1.165) is 0 Å². The van der Waals surface area contributed by atoms with Gasteiger partial charge in [-0.3, -0.25) is 0 Å². The minimum Gasteiger partial charge on any atom is -0.324 e. The van der Waals surface area contributed by atoms with Gasteiger partial charge in [-0.1, -0.05) is 57.5 Å². The van der Waals surface area contributed by atoms with E-state index in [0.29, 0.717) is 16.7 Å². The SMILES string of the molecule is Cc1cccc(C(N)C2C(C)(C)C2(C)C)c1. The summed E-state index contributed by atoms with van der Waals surface area (Å²) in [5.41, 5.74) is 9.71. The van der Waals surface area contributed by atoms with Crippen LogP contribution >= 0.6 is 0 Å². The molecule has 0 heterocycles. The fraction of sp³-hybridized carbons (Fsp3) is 0.600. The van der Waals surface area contributed by atoms with E-state index in [9.17, 15) is 0 Å². The molecule has 1 nitrogen and oxygen atoms in total. The Hall–Kier alpha value is -0.820. The molecule has 0 spiro atoms. The van der Waals surface area contributed by atoms with Crippen LogP contribution in [0.15, 0.2) is 24.3 Å². The van der Waals surface area contributed by atoms with Gasteiger partial charge in [-0.25, -0.2) is 0 Å². The summed E-state index contributed by atoms with van der Waals surface area (Å²) in [7, 11) is 0. The van der Waals surface area contributed by atoms with Crippen LogP contribution in [0.4, 0.5) is 0 Å². The second-order valence-corrected chi connectivity index (χ2v) is 6.36. The van der Waals surface area contributed by atoms with Crippen molar-refractivity contribution in [3.8, 4) is 0 Å². The van der Waals surface area contributed by atoms with Gasteiger partial charge in [0.25, 0.3) is 0 Å². The normalized spacial score (nSPS) is 24.1. The molecular weight excluding hydrogens is 194 g/mol. The summed E-state index contributed by atoms with van der Waals surface area (Å²) in [6.07, 6.45) is 0. The molecule has 1 saturated carbocycles. The van der Waals surface area contributed by atoms with E-state index in [1.807, 2.05) is 0 Å². The Labute approximate surface area is 99.0 Å². The summed E-state index contributed by atoms with van der Waals surface area (Å²) in [6, 6.07) is 8.77. The van der Waals surface area contributed by atoms with E-state index in [1.54, 1.807) is 0 Å². The molecule has 88 valence electrons. The minimum atomic E-state index is 0.171. The van der Waals surface area contributed by atoms with Gasteiger partial charge < -0.3 is 5.73 Å². The first kappa shape index (κ1) is 11.7. The van der Waals surface area contributed by atoms with E-state index >= 15 is 0 Å². The zero-order valence-electron chi connectivity index (χ0n) is 11.0. The monoisotopic (exact) mass is 217 g/mol. The fourth-order valence-electron chi connectivity index (χ4n) is 3.22. The van der Waals surface area contributed by atoms with Crippen molar-refractivity contribution >= 4 is 0 Å². The summed E-state index contributed by atoms with van der Waals surface area (Å²) in [5, 5.41) is 0. The van der Waals surface area contributed by atoms with Crippen molar-refractivity contribution in [2.45, 2.75) is 40.7 Å². The van der Waals surface area contributed by atoms with Crippen LogP contribution in [0.5, 0.6) is 0 Å². The Morgan fingerprint density at radius 2 is 1.69 bits per heavy atom. The quantitative estimate of drug-likeness (QED) is 0.803. The van der Waals surface area contributed by atoms with Gasteiger partial charge >= 0.3 is 0 Å². The van der Waals surface area contributed by atoms with Crippen LogP contribution in [-0.2, 0) is 0 Å². The van der Waals surface area contributed by atoms with Gasteiger partial charge in [0.1, 0.15) is 0 Å². The van der Waals surface area contributed by atoms with E-state index in [-0.39, 0.29) is 6.04 Å². The first-order valence-corrected chi connectivity index (χ1v) is 6.10. The van der Waals surface area contributed by atoms with E-state index in [1.165, 1.54) is 11.1 Å². The molecule has 0 bridgehead atoms. The Morgan fingerprint density at radius 1 is 1.12 bits per heavy atom. The highest BCUT2D eigenvalue weighted by Gasteiger charge is 2.66. The lowest BCUT2D eigenvalue weighted by atomic mass is 9.96. The van der Waals surface area contributed by atoms with Crippen molar-refractivity contribution in [2.75, 3.05) is 0 Å². The Morgan fingerprint density at radius 3 is 2.12 bits per heavy atom. The third-order valence-electron chi connectivity index (χ3n) is 4.92. The molecular formula is C15H23N. The first-order chi connectivity index (χ1) is 7.28. The average Bonchev–Trinajstić information content (AvgIpc) is 2.56. The molecule has 0 aliphatic heterocycles. The fourth-order valence-corrected chi connectivity index (χ4v) is 3.22. The lowest BCUT2D eigenvalue weighted by Crippen LogP contribution is -2.16.